The topological polar surface area (TPSA) is 84.5 Å². The number of hydrogen-bond acceptors (Lipinski definition) is 5. The number of sulfone groups is 1. The Bertz CT molecular complexity index is 432. The number of amides is 1. The summed E-state index contributed by atoms with van der Waals surface area (Å²) in [5.41, 5.74) is 0. The zero-order chi connectivity index (χ0) is 15.1. The summed E-state index contributed by atoms with van der Waals surface area (Å²) in [5, 5.41) is 6.14. The van der Waals surface area contributed by atoms with Gasteiger partial charge in [0.15, 0.2) is 9.84 Å². The molecule has 2 fully saturated rings. The summed E-state index contributed by atoms with van der Waals surface area (Å²) in [6, 6.07) is 0. The SMILES string of the molecule is O=C(CC1CCS(=O)(=O)C1)NCCCOC1CCNCC1. The molecule has 2 heterocycles. The van der Waals surface area contributed by atoms with Gasteiger partial charge in [0.1, 0.15) is 0 Å². The van der Waals surface area contributed by atoms with Crippen molar-refractivity contribution in [1.82, 2.24) is 10.6 Å². The fraction of sp³-hybridized carbons (Fsp3) is 0.929. The van der Waals surface area contributed by atoms with E-state index >= 15 is 0 Å². The summed E-state index contributed by atoms with van der Waals surface area (Å²) < 4.78 is 28.4. The van der Waals surface area contributed by atoms with E-state index in [0.717, 1.165) is 32.4 Å². The Morgan fingerprint density at radius 3 is 2.67 bits per heavy atom. The maximum Gasteiger partial charge on any atom is 0.220 e. The first-order valence-corrected chi connectivity index (χ1v) is 9.67. The average molecular weight is 318 g/mol. The average Bonchev–Trinajstić information content (AvgIpc) is 2.78. The van der Waals surface area contributed by atoms with Crippen LogP contribution in [0.3, 0.4) is 0 Å². The highest BCUT2D eigenvalue weighted by molar-refractivity contribution is 7.91. The van der Waals surface area contributed by atoms with Crippen molar-refractivity contribution in [2.45, 2.75) is 38.2 Å². The van der Waals surface area contributed by atoms with Crippen LogP contribution in [0.4, 0.5) is 0 Å². The van der Waals surface area contributed by atoms with E-state index in [0.29, 0.717) is 32.1 Å². The van der Waals surface area contributed by atoms with Gasteiger partial charge in [0.25, 0.3) is 0 Å². The molecule has 2 aliphatic heterocycles. The fourth-order valence-corrected chi connectivity index (χ4v) is 4.74. The number of carbonyl (C=O) groups is 1. The zero-order valence-electron chi connectivity index (χ0n) is 12.5. The molecule has 1 amide bonds. The minimum absolute atomic E-state index is 0.000916. The molecule has 0 aromatic carbocycles. The number of hydrogen-bond donors (Lipinski definition) is 2. The Hall–Kier alpha value is -0.660. The van der Waals surface area contributed by atoms with Crippen molar-refractivity contribution in [3.05, 3.63) is 0 Å². The van der Waals surface area contributed by atoms with Crippen LogP contribution in [0.5, 0.6) is 0 Å². The maximum absolute atomic E-state index is 11.7. The second-order valence-corrected chi connectivity index (χ2v) is 8.23. The predicted molar refractivity (Wildman–Crippen MR) is 80.8 cm³/mol. The van der Waals surface area contributed by atoms with Gasteiger partial charge in [-0.05, 0) is 44.7 Å². The summed E-state index contributed by atoms with van der Waals surface area (Å²) in [6.07, 6.45) is 4.22. The second kappa shape index (κ2) is 8.10. The Morgan fingerprint density at radius 1 is 1.24 bits per heavy atom. The first-order chi connectivity index (χ1) is 10.1. The molecule has 122 valence electrons. The zero-order valence-corrected chi connectivity index (χ0v) is 13.3. The van der Waals surface area contributed by atoms with Gasteiger partial charge in [0, 0.05) is 19.6 Å². The van der Waals surface area contributed by atoms with Crippen LogP contribution in [0.15, 0.2) is 0 Å². The molecule has 7 heteroatoms. The molecule has 0 saturated carbocycles. The first kappa shape index (κ1) is 16.7. The van der Waals surface area contributed by atoms with Crippen molar-refractivity contribution >= 4 is 15.7 Å². The minimum atomic E-state index is -2.89. The van der Waals surface area contributed by atoms with E-state index in [1.54, 1.807) is 0 Å². The maximum atomic E-state index is 11.7. The predicted octanol–water partition coefficient (Wildman–Crippen LogP) is 0.0861. The molecule has 1 atom stereocenters. The number of nitrogens with one attached hydrogen (secondary N) is 2. The van der Waals surface area contributed by atoms with Crippen LogP contribution >= 0.6 is 0 Å². The molecule has 2 saturated heterocycles. The van der Waals surface area contributed by atoms with E-state index in [1.807, 2.05) is 0 Å². The van der Waals surface area contributed by atoms with Gasteiger partial charge in [-0.25, -0.2) is 8.42 Å². The van der Waals surface area contributed by atoms with Crippen LogP contribution in [-0.2, 0) is 19.4 Å². The molecule has 1 unspecified atom stereocenters. The monoisotopic (exact) mass is 318 g/mol. The molecule has 0 aromatic heterocycles. The molecule has 2 aliphatic rings. The second-order valence-electron chi connectivity index (χ2n) is 6.00. The molecule has 0 bridgehead atoms. The van der Waals surface area contributed by atoms with Crippen molar-refractivity contribution < 1.29 is 17.9 Å². The highest BCUT2D eigenvalue weighted by atomic mass is 32.2. The fourth-order valence-electron chi connectivity index (χ4n) is 2.88. The van der Waals surface area contributed by atoms with Gasteiger partial charge in [0.05, 0.1) is 17.6 Å². The normalized spacial score (nSPS) is 25.8. The summed E-state index contributed by atoms with van der Waals surface area (Å²) in [4.78, 5) is 11.7. The summed E-state index contributed by atoms with van der Waals surface area (Å²) in [5.74, 6) is 0.355. The number of piperidine rings is 1. The highest BCUT2D eigenvalue weighted by Gasteiger charge is 2.29. The third-order valence-electron chi connectivity index (χ3n) is 4.08. The van der Waals surface area contributed by atoms with Gasteiger partial charge in [-0.3, -0.25) is 4.79 Å². The molecular formula is C14H26N2O4S. The Morgan fingerprint density at radius 2 is 2.00 bits per heavy atom. The molecular weight excluding hydrogens is 292 g/mol. The molecule has 0 aromatic rings. The van der Waals surface area contributed by atoms with Crippen molar-refractivity contribution in [1.29, 1.82) is 0 Å². The van der Waals surface area contributed by atoms with E-state index in [4.69, 9.17) is 4.74 Å². The summed E-state index contributed by atoms with van der Waals surface area (Å²) in [6.45, 7) is 3.31. The van der Waals surface area contributed by atoms with Crippen LogP contribution in [0, 0.1) is 5.92 Å². The van der Waals surface area contributed by atoms with Crippen LogP contribution in [0.25, 0.3) is 0 Å². The summed E-state index contributed by atoms with van der Waals surface area (Å²) in [7, 11) is -2.89. The quantitative estimate of drug-likeness (QED) is 0.650. The highest BCUT2D eigenvalue weighted by Crippen LogP contribution is 2.21. The van der Waals surface area contributed by atoms with Crippen LogP contribution in [0.1, 0.15) is 32.1 Å². The lowest BCUT2D eigenvalue weighted by atomic mass is 10.1. The lowest BCUT2D eigenvalue weighted by Crippen LogP contribution is -2.33. The molecule has 0 radical (unpaired) electrons. The van der Waals surface area contributed by atoms with E-state index in [1.165, 1.54) is 0 Å². The Kier molecular flexibility index (Phi) is 6.44. The minimum Gasteiger partial charge on any atom is -0.378 e. The largest absolute Gasteiger partial charge is 0.378 e. The summed E-state index contributed by atoms with van der Waals surface area (Å²) >= 11 is 0. The van der Waals surface area contributed by atoms with Crippen molar-refractivity contribution in [2.75, 3.05) is 37.7 Å². The Balaban J connectivity index is 1.49. The lowest BCUT2D eigenvalue weighted by Gasteiger charge is -2.22. The van der Waals surface area contributed by atoms with Gasteiger partial charge in [0.2, 0.25) is 5.91 Å². The van der Waals surface area contributed by atoms with Gasteiger partial charge >= 0.3 is 0 Å². The smallest absolute Gasteiger partial charge is 0.220 e. The molecule has 2 rings (SSSR count). The van der Waals surface area contributed by atoms with E-state index in [-0.39, 0.29) is 23.3 Å². The van der Waals surface area contributed by atoms with Crippen molar-refractivity contribution in [3.8, 4) is 0 Å². The van der Waals surface area contributed by atoms with Gasteiger partial charge in [-0.2, -0.15) is 0 Å². The van der Waals surface area contributed by atoms with Gasteiger partial charge < -0.3 is 15.4 Å². The first-order valence-electron chi connectivity index (χ1n) is 7.84. The molecule has 21 heavy (non-hydrogen) atoms. The van der Waals surface area contributed by atoms with Crippen LogP contribution < -0.4 is 10.6 Å². The van der Waals surface area contributed by atoms with E-state index in [2.05, 4.69) is 10.6 Å². The van der Waals surface area contributed by atoms with Crippen molar-refractivity contribution in [3.63, 3.8) is 0 Å². The molecule has 0 spiro atoms. The third-order valence-corrected chi connectivity index (χ3v) is 5.92. The van der Waals surface area contributed by atoms with E-state index < -0.39 is 9.84 Å². The number of carbonyl (C=O) groups excluding carboxylic acids is 1. The lowest BCUT2D eigenvalue weighted by molar-refractivity contribution is -0.121. The standard InChI is InChI=1S/C14H26N2O4S/c17-14(10-12-4-9-21(18,19)11-12)16-5-1-8-20-13-2-6-15-7-3-13/h12-13,15H,1-11H2,(H,16,17). The number of rotatable bonds is 7. The number of ether oxygens (including phenoxy) is 1. The van der Waals surface area contributed by atoms with Crippen molar-refractivity contribution in [2.24, 2.45) is 5.92 Å². The molecule has 2 N–H and O–H groups in total. The van der Waals surface area contributed by atoms with Crippen LogP contribution in [-0.4, -0.2) is 58.2 Å². The molecule has 6 nitrogen and oxygen atoms in total. The molecule has 0 aliphatic carbocycles. The van der Waals surface area contributed by atoms with E-state index in [9.17, 15) is 13.2 Å². The van der Waals surface area contributed by atoms with Gasteiger partial charge in [-0.15, -0.1) is 0 Å². The van der Waals surface area contributed by atoms with Crippen LogP contribution in [0.2, 0.25) is 0 Å². The van der Waals surface area contributed by atoms with Gasteiger partial charge in [-0.1, -0.05) is 0 Å². The third kappa shape index (κ3) is 6.32. The Labute approximate surface area is 126 Å².